The third-order valence-corrected chi connectivity index (χ3v) is 6.26. The van der Waals surface area contributed by atoms with Gasteiger partial charge in [0.15, 0.2) is 0 Å². The summed E-state index contributed by atoms with van der Waals surface area (Å²) in [5.74, 6) is -1.08. The highest BCUT2D eigenvalue weighted by atomic mass is 35.5. The van der Waals surface area contributed by atoms with Crippen molar-refractivity contribution in [3.8, 4) is 0 Å². The van der Waals surface area contributed by atoms with E-state index in [1.54, 1.807) is 54.6 Å². The van der Waals surface area contributed by atoms with Crippen LogP contribution in [-0.4, -0.2) is 19.5 Å². The number of nitrogens with zero attached hydrogens (tertiary/aromatic N) is 1. The first-order chi connectivity index (χ1) is 13.9. The van der Waals surface area contributed by atoms with Gasteiger partial charge in [-0.25, -0.2) is 13.2 Å². The van der Waals surface area contributed by atoms with Crippen LogP contribution in [-0.2, 0) is 21.4 Å². The van der Waals surface area contributed by atoms with Gasteiger partial charge in [-0.05, 0) is 53.6 Å². The molecule has 0 aliphatic carbocycles. The van der Waals surface area contributed by atoms with Crippen molar-refractivity contribution in [1.29, 1.82) is 0 Å². The monoisotopic (exact) mass is 427 g/mol. The molecule has 0 aromatic heterocycles. The molecular formula is C22H18ClNO4S. The number of aliphatic carboxylic acids is 1. The van der Waals surface area contributed by atoms with Gasteiger partial charge >= 0.3 is 5.97 Å². The molecule has 0 saturated carbocycles. The molecule has 1 N–H and O–H groups in total. The van der Waals surface area contributed by atoms with Gasteiger partial charge in [-0.2, -0.15) is 0 Å². The minimum absolute atomic E-state index is 0.0368. The highest BCUT2D eigenvalue weighted by molar-refractivity contribution is 7.92. The molecule has 3 aromatic rings. The van der Waals surface area contributed by atoms with Gasteiger partial charge in [0.05, 0.1) is 17.1 Å². The van der Waals surface area contributed by atoms with Crippen molar-refractivity contribution in [2.75, 3.05) is 4.31 Å². The summed E-state index contributed by atoms with van der Waals surface area (Å²) in [6.07, 6.45) is 2.48. The van der Waals surface area contributed by atoms with Crippen LogP contribution in [0.3, 0.4) is 0 Å². The van der Waals surface area contributed by atoms with Crippen LogP contribution in [0, 0.1) is 0 Å². The van der Waals surface area contributed by atoms with Crippen LogP contribution in [0.2, 0.25) is 5.02 Å². The summed E-state index contributed by atoms with van der Waals surface area (Å²) in [6.45, 7) is 0.0368. The Hall–Kier alpha value is -3.09. The highest BCUT2D eigenvalue weighted by Crippen LogP contribution is 2.27. The number of anilines is 1. The fraction of sp³-hybridized carbons (Fsp3) is 0.0455. The number of hydrogen-bond acceptors (Lipinski definition) is 3. The van der Waals surface area contributed by atoms with E-state index >= 15 is 0 Å². The number of halogens is 1. The van der Waals surface area contributed by atoms with Crippen LogP contribution >= 0.6 is 11.6 Å². The number of benzene rings is 3. The zero-order chi connectivity index (χ0) is 20.9. The summed E-state index contributed by atoms with van der Waals surface area (Å²) in [4.78, 5) is 11.0. The van der Waals surface area contributed by atoms with Gasteiger partial charge in [-0.15, -0.1) is 0 Å². The summed E-state index contributed by atoms with van der Waals surface area (Å²) in [5, 5.41) is 9.37. The van der Waals surface area contributed by atoms with Crippen LogP contribution in [0.25, 0.3) is 6.08 Å². The maximum atomic E-state index is 13.4. The zero-order valence-electron chi connectivity index (χ0n) is 15.3. The molecule has 7 heteroatoms. The number of carboxylic acid groups (broad SMARTS) is 1. The smallest absolute Gasteiger partial charge is 0.328 e. The Morgan fingerprint density at radius 1 is 0.931 bits per heavy atom. The first-order valence-corrected chi connectivity index (χ1v) is 10.5. The lowest BCUT2D eigenvalue weighted by molar-refractivity contribution is -0.131. The molecular weight excluding hydrogens is 410 g/mol. The van der Waals surface area contributed by atoms with E-state index in [0.29, 0.717) is 21.8 Å². The maximum absolute atomic E-state index is 13.4. The molecule has 29 heavy (non-hydrogen) atoms. The first kappa shape index (κ1) is 20.6. The number of carboxylic acids is 1. The van der Waals surface area contributed by atoms with E-state index in [2.05, 4.69) is 0 Å². The molecule has 0 bridgehead atoms. The summed E-state index contributed by atoms with van der Waals surface area (Å²) in [5.41, 5.74) is 1.80. The molecule has 0 amide bonds. The Kier molecular flexibility index (Phi) is 6.36. The Morgan fingerprint density at radius 2 is 1.55 bits per heavy atom. The lowest BCUT2D eigenvalue weighted by Crippen LogP contribution is -2.30. The number of hydrogen-bond donors (Lipinski definition) is 1. The molecule has 0 radical (unpaired) electrons. The predicted octanol–water partition coefficient (Wildman–Crippen LogP) is 4.83. The summed E-state index contributed by atoms with van der Waals surface area (Å²) >= 11 is 5.91. The fourth-order valence-corrected chi connectivity index (χ4v) is 4.37. The van der Waals surface area contributed by atoms with E-state index in [0.717, 1.165) is 6.08 Å². The Bertz CT molecular complexity index is 1130. The van der Waals surface area contributed by atoms with Crippen molar-refractivity contribution in [3.63, 3.8) is 0 Å². The van der Waals surface area contributed by atoms with Gasteiger partial charge in [0.2, 0.25) is 0 Å². The van der Waals surface area contributed by atoms with Crippen molar-refractivity contribution in [2.45, 2.75) is 11.4 Å². The Labute approximate surface area is 174 Å². The largest absolute Gasteiger partial charge is 0.478 e. The van der Waals surface area contributed by atoms with Crippen LogP contribution < -0.4 is 4.31 Å². The summed E-state index contributed by atoms with van der Waals surface area (Å²) in [7, 11) is -3.88. The zero-order valence-corrected chi connectivity index (χ0v) is 16.8. The molecule has 0 heterocycles. The molecule has 0 saturated heterocycles. The average Bonchev–Trinajstić information content (AvgIpc) is 2.72. The topological polar surface area (TPSA) is 74.7 Å². The van der Waals surface area contributed by atoms with Crippen LogP contribution in [0.5, 0.6) is 0 Å². The van der Waals surface area contributed by atoms with E-state index in [-0.39, 0.29) is 11.4 Å². The Balaban J connectivity index is 2.07. The van der Waals surface area contributed by atoms with Gasteiger partial charge < -0.3 is 5.11 Å². The lowest BCUT2D eigenvalue weighted by atomic mass is 10.1. The normalized spacial score (nSPS) is 11.5. The molecule has 0 spiro atoms. The van der Waals surface area contributed by atoms with Crippen molar-refractivity contribution in [2.24, 2.45) is 0 Å². The van der Waals surface area contributed by atoms with E-state index in [1.807, 2.05) is 0 Å². The molecule has 148 valence electrons. The first-order valence-electron chi connectivity index (χ1n) is 8.70. The molecule has 0 fully saturated rings. The molecule has 0 aliphatic heterocycles. The van der Waals surface area contributed by atoms with E-state index < -0.39 is 16.0 Å². The highest BCUT2D eigenvalue weighted by Gasteiger charge is 2.25. The van der Waals surface area contributed by atoms with Crippen LogP contribution in [0.15, 0.2) is 89.8 Å². The summed E-state index contributed by atoms with van der Waals surface area (Å²) in [6, 6.07) is 21.8. The molecule has 0 aliphatic rings. The van der Waals surface area contributed by atoms with Gasteiger partial charge in [-0.1, -0.05) is 54.1 Å². The maximum Gasteiger partial charge on any atom is 0.328 e. The third-order valence-electron chi connectivity index (χ3n) is 4.22. The second-order valence-electron chi connectivity index (χ2n) is 6.17. The van der Waals surface area contributed by atoms with Crippen molar-refractivity contribution in [1.82, 2.24) is 0 Å². The SMILES string of the molecule is O=C(O)C=Cc1ccccc1CN(c1ccccc1)S(=O)(=O)c1ccc(Cl)cc1. The fourth-order valence-electron chi connectivity index (χ4n) is 2.80. The van der Waals surface area contributed by atoms with E-state index in [9.17, 15) is 13.2 Å². The van der Waals surface area contributed by atoms with Crippen molar-refractivity contribution in [3.05, 3.63) is 101 Å². The molecule has 3 rings (SSSR count). The van der Waals surface area contributed by atoms with Gasteiger partial charge in [0.25, 0.3) is 10.0 Å². The van der Waals surface area contributed by atoms with Gasteiger partial charge in [0, 0.05) is 11.1 Å². The number of para-hydroxylation sites is 1. The standard InChI is InChI=1S/C22H18ClNO4S/c23-19-11-13-21(14-12-19)29(27,28)24(20-8-2-1-3-9-20)16-18-7-5-4-6-17(18)10-15-22(25)26/h1-15H,16H2,(H,25,26). The molecule has 5 nitrogen and oxygen atoms in total. The number of sulfonamides is 1. The molecule has 0 unspecified atom stereocenters. The minimum Gasteiger partial charge on any atom is -0.478 e. The van der Waals surface area contributed by atoms with Crippen molar-refractivity contribution >= 4 is 39.4 Å². The molecule has 3 aromatic carbocycles. The minimum atomic E-state index is -3.88. The van der Waals surface area contributed by atoms with Crippen molar-refractivity contribution < 1.29 is 18.3 Å². The van der Waals surface area contributed by atoms with Gasteiger partial charge in [0.1, 0.15) is 0 Å². The second-order valence-corrected chi connectivity index (χ2v) is 8.47. The van der Waals surface area contributed by atoms with Gasteiger partial charge in [-0.3, -0.25) is 4.31 Å². The number of rotatable bonds is 7. The van der Waals surface area contributed by atoms with Crippen LogP contribution in [0.1, 0.15) is 11.1 Å². The summed E-state index contributed by atoms with van der Waals surface area (Å²) < 4.78 is 28.1. The van der Waals surface area contributed by atoms with E-state index in [1.165, 1.54) is 34.6 Å². The average molecular weight is 428 g/mol. The quantitative estimate of drug-likeness (QED) is 0.548. The van der Waals surface area contributed by atoms with E-state index in [4.69, 9.17) is 16.7 Å². The third kappa shape index (κ3) is 5.04. The number of carbonyl (C=O) groups is 1. The van der Waals surface area contributed by atoms with Crippen LogP contribution in [0.4, 0.5) is 5.69 Å². The second kappa shape index (κ2) is 8.94. The predicted molar refractivity (Wildman–Crippen MR) is 114 cm³/mol. The Morgan fingerprint density at radius 3 is 2.21 bits per heavy atom. The lowest BCUT2D eigenvalue weighted by Gasteiger charge is -2.25. The molecule has 0 atom stereocenters.